The first-order chi connectivity index (χ1) is 29.1. The van der Waals surface area contributed by atoms with Crippen LogP contribution in [-0.2, 0) is 39.3 Å². The van der Waals surface area contributed by atoms with E-state index in [1.807, 2.05) is 6.07 Å². The van der Waals surface area contributed by atoms with E-state index in [0.29, 0.717) is 0 Å². The molecule has 0 bridgehead atoms. The molecule has 5 heteroatoms. The molecule has 1 aliphatic carbocycles. The summed E-state index contributed by atoms with van der Waals surface area (Å²) < 4.78 is 2.28. The molecule has 7 aromatic carbocycles. The second kappa shape index (κ2) is 15.9. The number of benzene rings is 7. The summed E-state index contributed by atoms with van der Waals surface area (Å²) in [6.45, 7) is 11.1. The van der Waals surface area contributed by atoms with E-state index in [9.17, 15) is 5.11 Å². The zero-order valence-corrected chi connectivity index (χ0v) is 37.3. The molecule has 1 N–H and O–H groups in total. The predicted octanol–water partition coefficient (Wildman–Crippen LogP) is 13.9. The number of aryl methyl sites for hydroxylation is 4. The van der Waals surface area contributed by atoms with E-state index < -0.39 is 0 Å². The zero-order valence-electron chi connectivity index (χ0n) is 35.0. The molecule has 1 aliphatic rings. The van der Waals surface area contributed by atoms with Crippen LogP contribution >= 0.6 is 0 Å². The van der Waals surface area contributed by atoms with Gasteiger partial charge in [-0.05, 0) is 100 Å². The fraction of sp³-hybridized carbons (Fsp3) is 0.143. The number of hydrogen-bond acceptors (Lipinski definition) is 3. The molecule has 0 amide bonds. The minimum absolute atomic E-state index is 0. The Labute approximate surface area is 372 Å². The summed E-state index contributed by atoms with van der Waals surface area (Å²) in [5.74, 6) is 1.02. The smallest absolute Gasteiger partial charge is 0.163 e. The number of phenolic OH excluding ortho intramolecular Hbond substituents is 1. The predicted molar refractivity (Wildman–Crippen MR) is 248 cm³/mol. The van der Waals surface area contributed by atoms with Crippen molar-refractivity contribution in [2.24, 2.45) is 0 Å². The number of nitrogens with zero attached hydrogens (tertiary/aromatic N) is 3. The van der Waals surface area contributed by atoms with Crippen molar-refractivity contribution < 1.29 is 26.2 Å². The molecule has 10 rings (SSSR count). The largest absolute Gasteiger partial charge is 0.507 e. The Bertz CT molecular complexity index is 3100. The fourth-order valence-electron chi connectivity index (χ4n) is 9.11. The van der Waals surface area contributed by atoms with Gasteiger partial charge in [0.1, 0.15) is 11.4 Å². The summed E-state index contributed by atoms with van der Waals surface area (Å²) in [5.41, 5.74) is 20.0. The van der Waals surface area contributed by atoms with Crippen molar-refractivity contribution in [3.63, 3.8) is 0 Å². The van der Waals surface area contributed by atoms with Crippen molar-refractivity contribution in [3.8, 4) is 78.7 Å². The van der Waals surface area contributed by atoms with Crippen LogP contribution in [0, 0.1) is 19.9 Å². The number of hydrogen-bond donors (Lipinski definition) is 1. The summed E-state index contributed by atoms with van der Waals surface area (Å²) in [6, 6.07) is 59.6. The van der Waals surface area contributed by atoms with Crippen molar-refractivity contribution >= 4 is 11.0 Å². The standard InChI is InChI=1S/C56H46N3O.Pt/c1-35-15-9-16-36(2)54(35)59-48-27-14-26-46(53(48)58-55(59)47-32-31-39-30-29-38-19-12-28-49(60)51(38)52(39)57-47)40-20-10-22-42(33-40)50-44(37-17-7-6-8-18-37)24-13-25-45(50)41-21-11-23-43(34-41)56(3,4)5;/h6-28,31-32,34,60H,29-30H2,1-5H3;/q-1;. The van der Waals surface area contributed by atoms with Gasteiger partial charge in [0.25, 0.3) is 0 Å². The first-order valence-corrected chi connectivity index (χ1v) is 20.9. The maximum atomic E-state index is 11.1. The van der Waals surface area contributed by atoms with Crippen molar-refractivity contribution in [1.29, 1.82) is 0 Å². The maximum Gasteiger partial charge on any atom is 0.163 e. The Morgan fingerprint density at radius 3 is 2.00 bits per heavy atom. The maximum absolute atomic E-state index is 11.1. The van der Waals surface area contributed by atoms with Gasteiger partial charge in [-0.1, -0.05) is 153 Å². The monoisotopic (exact) mass is 971 g/mol. The first-order valence-electron chi connectivity index (χ1n) is 20.9. The van der Waals surface area contributed by atoms with Crippen molar-refractivity contribution in [2.45, 2.75) is 52.9 Å². The minimum atomic E-state index is 0. The Morgan fingerprint density at radius 1 is 0.574 bits per heavy atom. The Morgan fingerprint density at radius 2 is 1.21 bits per heavy atom. The van der Waals surface area contributed by atoms with E-state index in [0.717, 1.165) is 108 Å². The van der Waals surface area contributed by atoms with Crippen LogP contribution in [0.5, 0.6) is 5.75 Å². The second-order valence-electron chi connectivity index (χ2n) is 17.1. The van der Waals surface area contributed by atoms with Gasteiger partial charge in [-0.2, -0.15) is 0 Å². The first kappa shape index (κ1) is 40.1. The number of pyridine rings is 1. The van der Waals surface area contributed by atoms with Gasteiger partial charge in [-0.3, -0.25) is 4.57 Å². The van der Waals surface area contributed by atoms with E-state index in [1.54, 1.807) is 6.07 Å². The molecular weight excluding hydrogens is 926 g/mol. The number of aromatic nitrogens is 3. The van der Waals surface area contributed by atoms with Crippen LogP contribution in [0.3, 0.4) is 0 Å². The van der Waals surface area contributed by atoms with Gasteiger partial charge < -0.3 is 5.11 Å². The molecule has 2 aromatic heterocycles. The molecule has 4 nitrogen and oxygen atoms in total. The SMILES string of the molecule is Cc1cccc(C)c1-n1c(-c2ccc3c(n2)-c2c(O)cccc2CC3)nc2c(-c3[c-]c(-c4c(-c5ccccc5)cccc4-c4cccc(C(C)(C)C)c4)ccc3)cccc21.[Pt]. The molecule has 0 atom stereocenters. The van der Waals surface area contributed by atoms with Crippen LogP contribution < -0.4 is 0 Å². The van der Waals surface area contributed by atoms with E-state index in [2.05, 4.69) is 191 Å². The molecule has 0 radical (unpaired) electrons. The topological polar surface area (TPSA) is 50.9 Å². The third-order valence-corrected chi connectivity index (χ3v) is 12.1. The molecule has 0 aliphatic heterocycles. The average molecular weight is 972 g/mol. The van der Waals surface area contributed by atoms with Gasteiger partial charge in [0.05, 0.1) is 22.4 Å². The normalized spacial score (nSPS) is 12.1. The van der Waals surface area contributed by atoms with Gasteiger partial charge in [-0.15, -0.1) is 35.4 Å². The molecule has 0 unspecified atom stereocenters. The van der Waals surface area contributed by atoms with Crippen molar-refractivity contribution in [1.82, 2.24) is 14.5 Å². The molecule has 302 valence electrons. The molecule has 0 fully saturated rings. The van der Waals surface area contributed by atoms with Gasteiger partial charge in [0, 0.05) is 26.6 Å². The number of phenols is 1. The van der Waals surface area contributed by atoms with Crippen LogP contribution in [0.1, 0.15) is 48.6 Å². The molecule has 0 spiro atoms. The molecule has 0 saturated heterocycles. The number of aromatic hydroxyl groups is 1. The van der Waals surface area contributed by atoms with Crippen LogP contribution in [0.25, 0.3) is 84.0 Å². The van der Waals surface area contributed by atoms with Crippen molar-refractivity contribution in [2.75, 3.05) is 0 Å². The molecule has 0 saturated carbocycles. The summed E-state index contributed by atoms with van der Waals surface area (Å²) in [6.07, 6.45) is 1.75. The fourth-order valence-corrected chi connectivity index (χ4v) is 9.11. The minimum Gasteiger partial charge on any atom is -0.507 e. The Balaban J connectivity index is 0.00000476. The molecule has 61 heavy (non-hydrogen) atoms. The number of para-hydroxylation sites is 2. The second-order valence-corrected chi connectivity index (χ2v) is 17.1. The van der Waals surface area contributed by atoms with E-state index >= 15 is 0 Å². The number of imidazole rings is 1. The summed E-state index contributed by atoms with van der Waals surface area (Å²) in [7, 11) is 0. The van der Waals surface area contributed by atoms with Gasteiger partial charge in [0.15, 0.2) is 5.82 Å². The average Bonchev–Trinajstić information content (AvgIpc) is 3.65. The van der Waals surface area contributed by atoms with Crippen LogP contribution in [0.15, 0.2) is 158 Å². The Hall–Kier alpha value is -6.35. The van der Waals surface area contributed by atoms with Crippen LogP contribution in [0.4, 0.5) is 0 Å². The molecule has 9 aromatic rings. The number of fused-ring (bicyclic) bond motifs is 4. The van der Waals surface area contributed by atoms with Crippen LogP contribution in [-0.4, -0.2) is 19.6 Å². The summed E-state index contributed by atoms with van der Waals surface area (Å²) in [5, 5.41) is 11.1. The van der Waals surface area contributed by atoms with E-state index in [1.165, 1.54) is 16.7 Å². The van der Waals surface area contributed by atoms with Gasteiger partial charge in [0.2, 0.25) is 0 Å². The quantitative estimate of drug-likeness (QED) is 0.169. The molecular formula is C56H46N3OPt-. The third kappa shape index (κ3) is 7.13. The molecule has 2 heterocycles. The van der Waals surface area contributed by atoms with Crippen molar-refractivity contribution in [3.05, 3.63) is 192 Å². The third-order valence-electron chi connectivity index (χ3n) is 12.1. The summed E-state index contributed by atoms with van der Waals surface area (Å²) in [4.78, 5) is 10.9. The van der Waals surface area contributed by atoms with E-state index in [-0.39, 0.29) is 32.2 Å². The Kier molecular flexibility index (Phi) is 10.5. The van der Waals surface area contributed by atoms with Gasteiger partial charge >= 0.3 is 0 Å². The summed E-state index contributed by atoms with van der Waals surface area (Å²) >= 11 is 0. The van der Waals surface area contributed by atoms with Gasteiger partial charge in [-0.25, -0.2) is 9.97 Å². The van der Waals surface area contributed by atoms with Crippen LogP contribution in [0.2, 0.25) is 0 Å². The number of rotatable bonds is 6. The van der Waals surface area contributed by atoms with E-state index in [4.69, 9.17) is 9.97 Å². The zero-order chi connectivity index (χ0) is 41.1.